The Bertz CT molecular complexity index is 158. The van der Waals surface area contributed by atoms with Crippen molar-refractivity contribution in [2.45, 2.75) is 46.0 Å². The van der Waals surface area contributed by atoms with E-state index in [1.165, 1.54) is 20.0 Å². The van der Waals surface area contributed by atoms with Crippen molar-refractivity contribution < 1.29 is 9.53 Å². The predicted octanol–water partition coefficient (Wildman–Crippen LogP) is 2.36. The largest absolute Gasteiger partial charge is 0.469 e. The maximum atomic E-state index is 10.8. The summed E-state index contributed by atoms with van der Waals surface area (Å²) < 4.78 is 4.56. The van der Waals surface area contributed by atoms with Crippen molar-refractivity contribution in [2.24, 2.45) is 5.92 Å². The molecule has 0 spiro atoms. The molecular formula is C12H25NO2. The van der Waals surface area contributed by atoms with E-state index in [1.54, 1.807) is 0 Å². The molecule has 0 aliphatic rings. The SMILES string of the molecule is COC(=O)CCCCNCCCC(C)C. The smallest absolute Gasteiger partial charge is 0.305 e. The summed E-state index contributed by atoms with van der Waals surface area (Å²) in [5, 5.41) is 3.38. The number of esters is 1. The third-order valence-electron chi connectivity index (χ3n) is 2.35. The molecule has 3 nitrogen and oxygen atoms in total. The minimum Gasteiger partial charge on any atom is -0.469 e. The van der Waals surface area contributed by atoms with Crippen LogP contribution < -0.4 is 5.32 Å². The Morgan fingerprint density at radius 3 is 2.47 bits per heavy atom. The lowest BCUT2D eigenvalue weighted by Gasteiger charge is -2.06. The minimum absolute atomic E-state index is 0.102. The molecule has 1 N–H and O–H groups in total. The van der Waals surface area contributed by atoms with Gasteiger partial charge in [0, 0.05) is 6.42 Å². The van der Waals surface area contributed by atoms with Crippen LogP contribution in [0.1, 0.15) is 46.0 Å². The Balaban J connectivity index is 3.02. The van der Waals surface area contributed by atoms with Gasteiger partial charge in [-0.25, -0.2) is 0 Å². The van der Waals surface area contributed by atoms with Crippen molar-refractivity contribution in [3.63, 3.8) is 0 Å². The maximum Gasteiger partial charge on any atom is 0.305 e. The molecule has 0 aromatic heterocycles. The number of ether oxygens (including phenoxy) is 1. The first-order valence-corrected chi connectivity index (χ1v) is 5.94. The Labute approximate surface area is 93.6 Å². The van der Waals surface area contributed by atoms with Gasteiger partial charge in [-0.15, -0.1) is 0 Å². The van der Waals surface area contributed by atoms with Gasteiger partial charge in [-0.1, -0.05) is 13.8 Å². The standard InChI is InChI=1S/C12H25NO2/c1-11(2)7-6-10-13-9-5-4-8-12(14)15-3/h11,13H,4-10H2,1-3H3. The van der Waals surface area contributed by atoms with E-state index < -0.39 is 0 Å². The van der Waals surface area contributed by atoms with Crippen molar-refractivity contribution >= 4 is 5.97 Å². The number of hydrogen-bond acceptors (Lipinski definition) is 3. The average molecular weight is 215 g/mol. The summed E-state index contributed by atoms with van der Waals surface area (Å²) in [7, 11) is 1.44. The number of methoxy groups -OCH3 is 1. The quantitative estimate of drug-likeness (QED) is 0.474. The van der Waals surface area contributed by atoms with Gasteiger partial charge in [0.25, 0.3) is 0 Å². The second-order valence-electron chi connectivity index (χ2n) is 4.32. The molecule has 0 aliphatic carbocycles. The summed E-state index contributed by atoms with van der Waals surface area (Å²) in [5.74, 6) is 0.695. The van der Waals surface area contributed by atoms with E-state index in [1.807, 2.05) is 0 Å². The molecule has 0 unspecified atom stereocenters. The topological polar surface area (TPSA) is 38.3 Å². The molecule has 0 heterocycles. The van der Waals surface area contributed by atoms with E-state index in [9.17, 15) is 4.79 Å². The second kappa shape index (κ2) is 9.97. The van der Waals surface area contributed by atoms with Gasteiger partial charge in [0.05, 0.1) is 7.11 Å². The Morgan fingerprint density at radius 2 is 1.87 bits per heavy atom. The van der Waals surface area contributed by atoms with Crippen LogP contribution in [0.5, 0.6) is 0 Å². The van der Waals surface area contributed by atoms with Crippen molar-refractivity contribution in [2.75, 3.05) is 20.2 Å². The molecule has 0 amide bonds. The Hall–Kier alpha value is -0.570. The molecule has 0 radical (unpaired) electrons. The van der Waals surface area contributed by atoms with Gasteiger partial charge in [-0.05, 0) is 44.7 Å². The molecule has 0 fully saturated rings. The van der Waals surface area contributed by atoms with Gasteiger partial charge in [-0.3, -0.25) is 4.79 Å². The zero-order valence-electron chi connectivity index (χ0n) is 10.3. The Morgan fingerprint density at radius 1 is 1.20 bits per heavy atom. The number of carbonyl (C=O) groups excluding carboxylic acids is 1. The monoisotopic (exact) mass is 215 g/mol. The van der Waals surface area contributed by atoms with Gasteiger partial charge in [0.15, 0.2) is 0 Å². The lowest BCUT2D eigenvalue weighted by atomic mass is 10.1. The summed E-state index contributed by atoms with van der Waals surface area (Å²) >= 11 is 0. The molecular weight excluding hydrogens is 190 g/mol. The molecule has 0 aromatic rings. The van der Waals surface area contributed by atoms with Crippen LogP contribution in [0.3, 0.4) is 0 Å². The molecule has 15 heavy (non-hydrogen) atoms. The van der Waals surface area contributed by atoms with Crippen LogP contribution in [-0.4, -0.2) is 26.2 Å². The molecule has 0 bridgehead atoms. The van der Waals surface area contributed by atoms with Crippen LogP contribution >= 0.6 is 0 Å². The fraction of sp³-hybridized carbons (Fsp3) is 0.917. The van der Waals surface area contributed by atoms with Crippen LogP contribution in [0.2, 0.25) is 0 Å². The fourth-order valence-electron chi connectivity index (χ4n) is 1.38. The molecule has 3 heteroatoms. The van der Waals surface area contributed by atoms with Crippen LogP contribution in [0.25, 0.3) is 0 Å². The number of rotatable bonds is 9. The maximum absolute atomic E-state index is 10.8. The van der Waals surface area contributed by atoms with Gasteiger partial charge < -0.3 is 10.1 Å². The Kier molecular flexibility index (Phi) is 9.59. The highest BCUT2D eigenvalue weighted by Gasteiger charge is 1.98. The van der Waals surface area contributed by atoms with Gasteiger partial charge in [-0.2, -0.15) is 0 Å². The molecule has 0 rings (SSSR count). The highest BCUT2D eigenvalue weighted by molar-refractivity contribution is 5.68. The second-order valence-corrected chi connectivity index (χ2v) is 4.32. The first-order chi connectivity index (χ1) is 7.16. The minimum atomic E-state index is -0.102. The lowest BCUT2D eigenvalue weighted by molar-refractivity contribution is -0.140. The number of unbranched alkanes of at least 4 members (excludes halogenated alkanes) is 1. The van der Waals surface area contributed by atoms with E-state index in [2.05, 4.69) is 23.9 Å². The van der Waals surface area contributed by atoms with Gasteiger partial charge in [0.2, 0.25) is 0 Å². The third-order valence-corrected chi connectivity index (χ3v) is 2.35. The lowest BCUT2D eigenvalue weighted by Crippen LogP contribution is -2.17. The summed E-state index contributed by atoms with van der Waals surface area (Å²) in [5.41, 5.74) is 0. The van der Waals surface area contributed by atoms with Crippen LogP contribution in [0.4, 0.5) is 0 Å². The number of hydrogen-bond donors (Lipinski definition) is 1. The van der Waals surface area contributed by atoms with E-state index in [0.29, 0.717) is 6.42 Å². The predicted molar refractivity (Wildman–Crippen MR) is 62.8 cm³/mol. The third kappa shape index (κ3) is 11.4. The van der Waals surface area contributed by atoms with Crippen LogP contribution in [-0.2, 0) is 9.53 Å². The fourth-order valence-corrected chi connectivity index (χ4v) is 1.38. The number of nitrogens with one attached hydrogen (secondary N) is 1. The molecule has 90 valence electrons. The zero-order chi connectivity index (χ0) is 11.5. The van der Waals surface area contributed by atoms with Gasteiger partial charge >= 0.3 is 5.97 Å². The van der Waals surface area contributed by atoms with E-state index in [-0.39, 0.29) is 5.97 Å². The highest BCUT2D eigenvalue weighted by atomic mass is 16.5. The van der Waals surface area contributed by atoms with Gasteiger partial charge in [0.1, 0.15) is 0 Å². The van der Waals surface area contributed by atoms with E-state index >= 15 is 0 Å². The molecule has 0 aliphatic heterocycles. The summed E-state index contributed by atoms with van der Waals surface area (Å²) in [6, 6.07) is 0. The highest BCUT2D eigenvalue weighted by Crippen LogP contribution is 2.02. The van der Waals surface area contributed by atoms with Crippen molar-refractivity contribution in [3.05, 3.63) is 0 Å². The zero-order valence-corrected chi connectivity index (χ0v) is 10.3. The van der Waals surface area contributed by atoms with Crippen molar-refractivity contribution in [1.82, 2.24) is 5.32 Å². The summed E-state index contributed by atoms with van der Waals surface area (Å²) in [4.78, 5) is 10.8. The average Bonchev–Trinajstić information content (AvgIpc) is 2.21. The van der Waals surface area contributed by atoms with Crippen LogP contribution in [0.15, 0.2) is 0 Å². The molecule has 0 saturated heterocycles. The van der Waals surface area contributed by atoms with E-state index in [4.69, 9.17) is 0 Å². The molecule has 0 saturated carbocycles. The summed E-state index contributed by atoms with van der Waals surface area (Å²) in [6.45, 7) is 6.60. The van der Waals surface area contributed by atoms with Crippen molar-refractivity contribution in [3.8, 4) is 0 Å². The normalized spacial score (nSPS) is 10.7. The number of carbonyl (C=O) groups is 1. The summed E-state index contributed by atoms with van der Waals surface area (Å²) in [6.07, 6.45) is 5.05. The first-order valence-electron chi connectivity index (χ1n) is 5.94. The molecule has 0 atom stereocenters. The first kappa shape index (κ1) is 14.4. The molecule has 0 aromatic carbocycles. The van der Waals surface area contributed by atoms with Crippen molar-refractivity contribution in [1.29, 1.82) is 0 Å². The van der Waals surface area contributed by atoms with E-state index in [0.717, 1.165) is 31.8 Å². The van der Waals surface area contributed by atoms with Crippen LogP contribution in [0, 0.1) is 5.92 Å².